The van der Waals surface area contributed by atoms with Crippen molar-refractivity contribution in [3.05, 3.63) is 59.9 Å². The smallest absolute Gasteiger partial charge is 0.317 e. The van der Waals surface area contributed by atoms with Gasteiger partial charge in [-0.1, -0.05) is 12.1 Å². The number of halogens is 1. The number of carbonyl (C=O) groups is 1. The number of pyridine rings is 1. The summed E-state index contributed by atoms with van der Waals surface area (Å²) in [5.74, 6) is 0.943. The minimum atomic E-state index is -0.277. The monoisotopic (exact) mass is 381 g/mol. The lowest BCUT2D eigenvalue weighted by Gasteiger charge is -2.19. The third-order valence-electron chi connectivity index (χ3n) is 5.23. The Kier molecular flexibility index (Phi) is 4.98. The van der Waals surface area contributed by atoms with E-state index in [9.17, 15) is 9.18 Å². The SMILES string of the molecule is CC(C)n1c(C2CCN(C(=O)NCc3ccc(F)cc3)C2)nc2ccncc21. The molecule has 2 amide bonds. The minimum Gasteiger partial charge on any atom is -0.334 e. The van der Waals surface area contributed by atoms with Gasteiger partial charge in [0.25, 0.3) is 0 Å². The summed E-state index contributed by atoms with van der Waals surface area (Å²) in [5.41, 5.74) is 2.85. The zero-order chi connectivity index (χ0) is 19.7. The third-order valence-corrected chi connectivity index (χ3v) is 5.23. The molecule has 28 heavy (non-hydrogen) atoms. The average Bonchev–Trinajstić information content (AvgIpc) is 3.32. The van der Waals surface area contributed by atoms with E-state index in [-0.39, 0.29) is 23.8 Å². The van der Waals surface area contributed by atoms with Crippen molar-refractivity contribution in [2.24, 2.45) is 0 Å². The highest BCUT2D eigenvalue weighted by Crippen LogP contribution is 2.31. The van der Waals surface area contributed by atoms with E-state index in [1.54, 1.807) is 18.3 Å². The first-order valence-corrected chi connectivity index (χ1v) is 9.62. The number of hydrogen-bond donors (Lipinski definition) is 1. The summed E-state index contributed by atoms with van der Waals surface area (Å²) >= 11 is 0. The second kappa shape index (κ2) is 7.58. The number of rotatable bonds is 4. The van der Waals surface area contributed by atoms with Gasteiger partial charge in [0.05, 0.1) is 17.2 Å². The van der Waals surface area contributed by atoms with Crippen LogP contribution in [0.3, 0.4) is 0 Å². The minimum absolute atomic E-state index is 0.0966. The van der Waals surface area contributed by atoms with E-state index in [2.05, 4.69) is 28.7 Å². The molecule has 3 heterocycles. The maximum absolute atomic E-state index is 13.0. The van der Waals surface area contributed by atoms with Gasteiger partial charge in [0.1, 0.15) is 11.6 Å². The van der Waals surface area contributed by atoms with Crippen LogP contribution in [0.4, 0.5) is 9.18 Å². The Bertz CT molecular complexity index is 982. The van der Waals surface area contributed by atoms with Crippen LogP contribution in [0.5, 0.6) is 0 Å². The van der Waals surface area contributed by atoms with Crippen molar-refractivity contribution in [1.82, 2.24) is 24.8 Å². The van der Waals surface area contributed by atoms with Crippen LogP contribution in [-0.2, 0) is 6.54 Å². The molecule has 1 unspecified atom stereocenters. The first-order chi connectivity index (χ1) is 13.5. The molecule has 1 aliphatic rings. The van der Waals surface area contributed by atoms with E-state index in [0.717, 1.165) is 28.8 Å². The van der Waals surface area contributed by atoms with E-state index in [4.69, 9.17) is 4.98 Å². The highest BCUT2D eigenvalue weighted by atomic mass is 19.1. The molecule has 4 rings (SSSR count). The molecule has 1 atom stereocenters. The Morgan fingerprint density at radius 3 is 2.82 bits per heavy atom. The van der Waals surface area contributed by atoms with Crippen molar-refractivity contribution >= 4 is 17.1 Å². The van der Waals surface area contributed by atoms with Crippen molar-refractivity contribution in [2.75, 3.05) is 13.1 Å². The number of carbonyl (C=O) groups excluding carboxylic acids is 1. The predicted molar refractivity (Wildman–Crippen MR) is 105 cm³/mol. The maximum atomic E-state index is 13.0. The zero-order valence-electron chi connectivity index (χ0n) is 16.1. The van der Waals surface area contributed by atoms with Crippen molar-refractivity contribution in [2.45, 2.75) is 38.8 Å². The lowest BCUT2D eigenvalue weighted by molar-refractivity contribution is 0.207. The van der Waals surface area contributed by atoms with Crippen molar-refractivity contribution in [1.29, 1.82) is 0 Å². The number of imidazole rings is 1. The second-order valence-corrected chi connectivity index (χ2v) is 7.51. The first-order valence-electron chi connectivity index (χ1n) is 9.62. The fourth-order valence-corrected chi connectivity index (χ4v) is 3.84. The number of likely N-dealkylation sites (tertiary alicyclic amines) is 1. The Hall–Kier alpha value is -2.96. The van der Waals surface area contributed by atoms with Gasteiger partial charge in [-0.3, -0.25) is 4.98 Å². The number of nitrogens with zero attached hydrogens (tertiary/aromatic N) is 4. The molecule has 2 aromatic heterocycles. The molecule has 1 aliphatic heterocycles. The molecule has 0 spiro atoms. The van der Waals surface area contributed by atoms with Gasteiger partial charge in [-0.15, -0.1) is 0 Å². The van der Waals surface area contributed by atoms with Crippen LogP contribution in [0.25, 0.3) is 11.0 Å². The summed E-state index contributed by atoms with van der Waals surface area (Å²) in [4.78, 5) is 23.5. The molecule has 1 N–H and O–H groups in total. The Labute approximate surface area is 163 Å². The molecule has 0 radical (unpaired) electrons. The average molecular weight is 381 g/mol. The number of aromatic nitrogens is 3. The van der Waals surface area contributed by atoms with Gasteiger partial charge in [-0.2, -0.15) is 0 Å². The van der Waals surface area contributed by atoms with Crippen LogP contribution in [0.2, 0.25) is 0 Å². The van der Waals surface area contributed by atoms with Gasteiger partial charge in [0, 0.05) is 37.8 Å². The highest BCUT2D eigenvalue weighted by Gasteiger charge is 2.31. The number of fused-ring (bicyclic) bond motifs is 1. The molecule has 7 heteroatoms. The summed E-state index contributed by atoms with van der Waals surface area (Å²) in [6.07, 6.45) is 4.50. The van der Waals surface area contributed by atoms with Gasteiger partial charge >= 0.3 is 6.03 Å². The summed E-state index contributed by atoms with van der Waals surface area (Å²) < 4.78 is 15.2. The maximum Gasteiger partial charge on any atom is 0.317 e. The fraction of sp³-hybridized carbons (Fsp3) is 0.381. The van der Waals surface area contributed by atoms with Gasteiger partial charge in [-0.25, -0.2) is 14.2 Å². The van der Waals surface area contributed by atoms with Gasteiger partial charge in [0.2, 0.25) is 0 Å². The normalized spacial score (nSPS) is 16.9. The number of amides is 2. The molecular weight excluding hydrogens is 357 g/mol. The quantitative estimate of drug-likeness (QED) is 0.747. The summed E-state index contributed by atoms with van der Waals surface area (Å²) in [6.45, 7) is 5.99. The topological polar surface area (TPSA) is 63.1 Å². The van der Waals surface area contributed by atoms with Crippen molar-refractivity contribution in [3.63, 3.8) is 0 Å². The molecular formula is C21H24FN5O. The Balaban J connectivity index is 1.45. The van der Waals surface area contributed by atoms with Gasteiger partial charge in [-0.05, 0) is 44.0 Å². The molecule has 146 valence electrons. The number of benzene rings is 1. The molecule has 1 saturated heterocycles. The largest absolute Gasteiger partial charge is 0.334 e. The number of urea groups is 1. The van der Waals surface area contributed by atoms with E-state index in [1.165, 1.54) is 12.1 Å². The van der Waals surface area contributed by atoms with Crippen LogP contribution >= 0.6 is 0 Å². The van der Waals surface area contributed by atoms with E-state index in [1.807, 2.05) is 17.2 Å². The molecule has 0 aliphatic carbocycles. The van der Waals surface area contributed by atoms with Crippen LogP contribution in [0.1, 0.15) is 43.6 Å². The van der Waals surface area contributed by atoms with Crippen LogP contribution < -0.4 is 5.32 Å². The zero-order valence-corrected chi connectivity index (χ0v) is 16.1. The molecule has 1 aromatic carbocycles. The Morgan fingerprint density at radius 1 is 1.29 bits per heavy atom. The van der Waals surface area contributed by atoms with Gasteiger partial charge < -0.3 is 14.8 Å². The molecule has 3 aromatic rings. The van der Waals surface area contributed by atoms with Crippen LogP contribution in [-0.4, -0.2) is 38.6 Å². The summed E-state index contributed by atoms with van der Waals surface area (Å²) in [6, 6.07) is 8.27. The van der Waals surface area contributed by atoms with Crippen molar-refractivity contribution in [3.8, 4) is 0 Å². The lowest BCUT2D eigenvalue weighted by Crippen LogP contribution is -2.38. The molecule has 1 fully saturated rings. The van der Waals surface area contributed by atoms with Crippen molar-refractivity contribution < 1.29 is 9.18 Å². The first kappa shape index (κ1) is 18.4. The second-order valence-electron chi connectivity index (χ2n) is 7.51. The third kappa shape index (κ3) is 3.56. The van der Waals surface area contributed by atoms with E-state index >= 15 is 0 Å². The van der Waals surface area contributed by atoms with E-state index < -0.39 is 0 Å². The van der Waals surface area contributed by atoms with E-state index in [0.29, 0.717) is 19.6 Å². The highest BCUT2D eigenvalue weighted by molar-refractivity contribution is 5.76. The number of hydrogen-bond acceptors (Lipinski definition) is 3. The fourth-order valence-electron chi connectivity index (χ4n) is 3.84. The Morgan fingerprint density at radius 2 is 2.07 bits per heavy atom. The summed E-state index contributed by atoms with van der Waals surface area (Å²) in [5, 5.41) is 2.92. The summed E-state index contributed by atoms with van der Waals surface area (Å²) in [7, 11) is 0. The predicted octanol–water partition coefficient (Wildman–Crippen LogP) is 3.85. The van der Waals surface area contributed by atoms with Crippen LogP contribution in [0.15, 0.2) is 42.7 Å². The number of nitrogens with one attached hydrogen (secondary N) is 1. The molecule has 6 nitrogen and oxygen atoms in total. The van der Waals surface area contributed by atoms with Gasteiger partial charge in [0.15, 0.2) is 0 Å². The molecule has 0 bridgehead atoms. The lowest BCUT2D eigenvalue weighted by atomic mass is 10.1. The standard InChI is InChI=1S/C21H24FN5O/c1-14(2)27-19-12-23-9-7-18(19)25-20(27)16-8-10-26(13-16)21(28)24-11-15-3-5-17(22)6-4-15/h3-7,9,12,14,16H,8,10-11,13H2,1-2H3,(H,24,28). The molecule has 0 saturated carbocycles. The van der Waals surface area contributed by atoms with Crippen LogP contribution in [0, 0.1) is 5.82 Å².